The van der Waals surface area contributed by atoms with Gasteiger partial charge in [0.15, 0.2) is 0 Å². The fraction of sp³-hybridized carbons (Fsp3) is 0.692. The molecule has 0 bridgehead atoms. The number of aromatic nitrogens is 2. The van der Waals surface area contributed by atoms with E-state index in [0.717, 1.165) is 22.2 Å². The Morgan fingerprint density at radius 1 is 1.29 bits per heavy atom. The first-order chi connectivity index (χ1) is 8.15. The summed E-state index contributed by atoms with van der Waals surface area (Å²) in [5.41, 5.74) is 0. The van der Waals surface area contributed by atoms with Gasteiger partial charge in [-0.25, -0.2) is 9.97 Å². The lowest BCUT2D eigenvalue weighted by atomic mass is 10.2. The van der Waals surface area contributed by atoms with Gasteiger partial charge >= 0.3 is 0 Å². The van der Waals surface area contributed by atoms with E-state index in [9.17, 15) is 0 Å². The summed E-state index contributed by atoms with van der Waals surface area (Å²) in [4.78, 5) is 11.5. The Bertz CT molecular complexity index is 427. The minimum Gasteiger partial charge on any atom is -0.357 e. The maximum atomic E-state index is 4.71. The molecule has 92 valence electrons. The number of hydrogen-bond acceptors (Lipinski definition) is 3. The topological polar surface area (TPSA) is 29.0 Å². The van der Waals surface area contributed by atoms with Crippen molar-refractivity contribution in [1.29, 1.82) is 0 Å². The minimum atomic E-state index is 0.587. The molecular weight excluding hydrogens is 278 g/mol. The first-order valence-corrected chi connectivity index (χ1v) is 7.22. The van der Waals surface area contributed by atoms with Crippen molar-refractivity contribution in [1.82, 2.24) is 9.97 Å². The average Bonchev–Trinajstić information content (AvgIpc) is 3.19. The van der Waals surface area contributed by atoms with Crippen molar-refractivity contribution in [2.45, 2.75) is 44.6 Å². The molecule has 17 heavy (non-hydrogen) atoms. The molecule has 3 nitrogen and oxygen atoms in total. The van der Waals surface area contributed by atoms with Gasteiger partial charge in [-0.1, -0.05) is 0 Å². The standard InChI is InChI=1S/C13H18BrN3/c1-8(9-3-4-9)17(2)12-7-11(14)15-13(16-12)10-5-6-10/h7-10H,3-6H2,1-2H3. The number of nitrogens with zero attached hydrogens (tertiary/aromatic N) is 3. The summed E-state index contributed by atoms with van der Waals surface area (Å²) < 4.78 is 0.916. The Morgan fingerprint density at radius 3 is 2.59 bits per heavy atom. The molecule has 2 aliphatic carbocycles. The van der Waals surface area contributed by atoms with E-state index < -0.39 is 0 Å². The zero-order valence-corrected chi connectivity index (χ0v) is 11.9. The van der Waals surface area contributed by atoms with Gasteiger partial charge < -0.3 is 4.90 Å². The molecular formula is C13H18BrN3. The summed E-state index contributed by atoms with van der Waals surface area (Å²) in [6.07, 6.45) is 5.23. The van der Waals surface area contributed by atoms with Crippen molar-refractivity contribution in [3.8, 4) is 0 Å². The molecule has 1 heterocycles. The Morgan fingerprint density at radius 2 is 2.00 bits per heavy atom. The van der Waals surface area contributed by atoms with Crippen LogP contribution in [0, 0.1) is 5.92 Å². The van der Waals surface area contributed by atoms with Gasteiger partial charge in [-0.15, -0.1) is 0 Å². The van der Waals surface area contributed by atoms with Crippen LogP contribution in [0.2, 0.25) is 0 Å². The molecule has 4 heteroatoms. The number of anilines is 1. The zero-order valence-electron chi connectivity index (χ0n) is 10.4. The predicted octanol–water partition coefficient (Wildman–Crippen LogP) is 3.35. The minimum absolute atomic E-state index is 0.587. The molecule has 2 saturated carbocycles. The van der Waals surface area contributed by atoms with Crippen LogP contribution in [0.15, 0.2) is 10.7 Å². The molecule has 0 N–H and O–H groups in total. The summed E-state index contributed by atoms with van der Waals surface area (Å²) in [6, 6.07) is 2.62. The molecule has 2 aliphatic rings. The Balaban J connectivity index is 1.84. The molecule has 0 saturated heterocycles. The summed E-state index contributed by atoms with van der Waals surface area (Å²) in [5.74, 6) is 3.55. The van der Waals surface area contributed by atoms with Crippen LogP contribution in [0.1, 0.15) is 44.3 Å². The van der Waals surface area contributed by atoms with E-state index >= 15 is 0 Å². The lowest BCUT2D eigenvalue weighted by molar-refractivity contribution is 0.601. The molecule has 1 aromatic heterocycles. The van der Waals surface area contributed by atoms with E-state index in [1.165, 1.54) is 25.7 Å². The van der Waals surface area contributed by atoms with Gasteiger partial charge in [-0.3, -0.25) is 0 Å². The maximum Gasteiger partial charge on any atom is 0.135 e. The second kappa shape index (κ2) is 4.23. The van der Waals surface area contributed by atoms with Gasteiger partial charge in [0.1, 0.15) is 16.2 Å². The van der Waals surface area contributed by atoms with Gasteiger partial charge in [0.2, 0.25) is 0 Å². The molecule has 2 fully saturated rings. The summed E-state index contributed by atoms with van der Waals surface area (Å²) in [6.45, 7) is 2.30. The highest BCUT2D eigenvalue weighted by atomic mass is 79.9. The molecule has 0 spiro atoms. The number of halogens is 1. The Kier molecular flexibility index (Phi) is 2.85. The van der Waals surface area contributed by atoms with Crippen molar-refractivity contribution in [3.05, 3.63) is 16.5 Å². The lowest BCUT2D eigenvalue weighted by Gasteiger charge is -2.26. The molecule has 0 aromatic carbocycles. The largest absolute Gasteiger partial charge is 0.357 e. The predicted molar refractivity (Wildman–Crippen MR) is 72.3 cm³/mol. The van der Waals surface area contributed by atoms with E-state index in [4.69, 9.17) is 4.98 Å². The van der Waals surface area contributed by atoms with Crippen molar-refractivity contribution in [2.24, 2.45) is 5.92 Å². The van der Waals surface area contributed by atoms with Crippen LogP contribution in [0.4, 0.5) is 5.82 Å². The fourth-order valence-electron chi connectivity index (χ4n) is 2.23. The summed E-state index contributed by atoms with van der Waals surface area (Å²) in [5, 5.41) is 0. The molecule has 3 rings (SSSR count). The van der Waals surface area contributed by atoms with Gasteiger partial charge in [0.25, 0.3) is 0 Å². The van der Waals surface area contributed by atoms with E-state index in [1.807, 2.05) is 6.07 Å². The van der Waals surface area contributed by atoms with Gasteiger partial charge in [0, 0.05) is 25.1 Å². The van der Waals surface area contributed by atoms with Crippen LogP contribution in [-0.2, 0) is 0 Å². The Labute approximate surface area is 111 Å². The SMILES string of the molecule is CC(C1CC1)N(C)c1cc(Br)nc(C2CC2)n1. The Hall–Kier alpha value is -0.640. The molecule has 0 aliphatic heterocycles. The van der Waals surface area contributed by atoms with E-state index in [2.05, 4.69) is 39.8 Å². The second-order valence-electron chi connectivity index (χ2n) is 5.37. The van der Waals surface area contributed by atoms with Gasteiger partial charge in [0.05, 0.1) is 0 Å². The first kappa shape index (κ1) is 11.5. The van der Waals surface area contributed by atoms with Crippen LogP contribution in [0.25, 0.3) is 0 Å². The number of hydrogen-bond donors (Lipinski definition) is 0. The lowest BCUT2D eigenvalue weighted by Crippen LogP contribution is -2.31. The smallest absolute Gasteiger partial charge is 0.135 e. The average molecular weight is 296 g/mol. The highest BCUT2D eigenvalue weighted by Crippen LogP contribution is 2.40. The highest BCUT2D eigenvalue weighted by molar-refractivity contribution is 9.10. The highest BCUT2D eigenvalue weighted by Gasteiger charge is 2.32. The molecule has 1 atom stereocenters. The monoisotopic (exact) mass is 295 g/mol. The van der Waals surface area contributed by atoms with Gasteiger partial charge in [-0.05, 0) is 54.5 Å². The first-order valence-electron chi connectivity index (χ1n) is 6.42. The third-order valence-electron chi connectivity index (χ3n) is 3.92. The van der Waals surface area contributed by atoms with Crippen molar-refractivity contribution in [3.63, 3.8) is 0 Å². The summed E-state index contributed by atoms with van der Waals surface area (Å²) in [7, 11) is 2.15. The molecule has 0 radical (unpaired) electrons. The maximum absolute atomic E-state index is 4.71. The van der Waals surface area contributed by atoms with Gasteiger partial charge in [-0.2, -0.15) is 0 Å². The van der Waals surface area contributed by atoms with Crippen molar-refractivity contribution >= 4 is 21.7 Å². The quantitative estimate of drug-likeness (QED) is 0.798. The third-order valence-corrected chi connectivity index (χ3v) is 4.32. The normalized spacial score (nSPS) is 21.4. The van der Waals surface area contributed by atoms with Crippen LogP contribution < -0.4 is 4.90 Å². The van der Waals surface area contributed by atoms with Crippen LogP contribution in [-0.4, -0.2) is 23.1 Å². The molecule has 0 amide bonds. The van der Waals surface area contributed by atoms with Crippen molar-refractivity contribution in [2.75, 3.05) is 11.9 Å². The van der Waals surface area contributed by atoms with E-state index in [1.54, 1.807) is 0 Å². The van der Waals surface area contributed by atoms with E-state index in [-0.39, 0.29) is 0 Å². The zero-order chi connectivity index (χ0) is 12.0. The van der Waals surface area contributed by atoms with Crippen molar-refractivity contribution < 1.29 is 0 Å². The number of rotatable bonds is 4. The van der Waals surface area contributed by atoms with E-state index in [0.29, 0.717) is 12.0 Å². The second-order valence-corrected chi connectivity index (χ2v) is 6.18. The molecule has 1 unspecified atom stereocenters. The van der Waals surface area contributed by atoms with Crippen LogP contribution >= 0.6 is 15.9 Å². The van der Waals surface area contributed by atoms with Crippen LogP contribution in [0.5, 0.6) is 0 Å². The third kappa shape index (κ3) is 2.46. The van der Waals surface area contributed by atoms with Crippen LogP contribution in [0.3, 0.4) is 0 Å². The summed E-state index contributed by atoms with van der Waals surface area (Å²) >= 11 is 3.50. The molecule has 1 aromatic rings. The fourth-order valence-corrected chi connectivity index (χ4v) is 2.62.